The van der Waals surface area contributed by atoms with Gasteiger partial charge in [0.25, 0.3) is 0 Å². The zero-order valence-corrected chi connectivity index (χ0v) is 18.2. The number of carbonyl (C=O) groups excluding carboxylic acids is 1. The van der Waals surface area contributed by atoms with E-state index >= 15 is 0 Å². The highest BCUT2D eigenvalue weighted by Crippen LogP contribution is 2.39. The fourth-order valence-electron chi connectivity index (χ4n) is 3.83. The molecule has 156 valence electrons. The van der Waals surface area contributed by atoms with E-state index in [-0.39, 0.29) is 5.91 Å². The van der Waals surface area contributed by atoms with Crippen LogP contribution < -0.4 is 9.64 Å². The molecule has 31 heavy (non-hydrogen) atoms. The van der Waals surface area contributed by atoms with Gasteiger partial charge in [0, 0.05) is 31.6 Å². The first-order chi connectivity index (χ1) is 15.2. The van der Waals surface area contributed by atoms with Gasteiger partial charge in [-0.15, -0.1) is 0 Å². The van der Waals surface area contributed by atoms with E-state index < -0.39 is 0 Å². The van der Waals surface area contributed by atoms with Gasteiger partial charge in [-0.1, -0.05) is 12.6 Å². The summed E-state index contributed by atoms with van der Waals surface area (Å²) in [6, 6.07) is 9.69. The van der Waals surface area contributed by atoms with Gasteiger partial charge in [0.05, 0.1) is 21.6 Å². The number of H-pyrrole nitrogens is 1. The van der Waals surface area contributed by atoms with Gasteiger partial charge in [-0.2, -0.15) is 5.10 Å². The van der Waals surface area contributed by atoms with E-state index in [4.69, 9.17) is 4.74 Å². The first-order valence-electron chi connectivity index (χ1n) is 9.85. The molecular formula is C22H19BrN6O2. The molecule has 0 unspecified atom stereocenters. The van der Waals surface area contributed by atoms with Crippen LogP contribution in [-0.2, 0) is 4.79 Å². The van der Waals surface area contributed by atoms with Gasteiger partial charge in [-0.25, -0.2) is 9.97 Å². The monoisotopic (exact) mass is 478 g/mol. The topological polar surface area (TPSA) is 87.2 Å². The van der Waals surface area contributed by atoms with E-state index in [1.165, 1.54) is 6.08 Å². The SMILES string of the molecule is C=CC(=O)N1CCN(c2ncnc3c(Oc4c(Br)ccc5[nH]ncc45)cccc23)CC1. The highest BCUT2D eigenvalue weighted by atomic mass is 79.9. The molecular weight excluding hydrogens is 460 g/mol. The number of anilines is 1. The predicted molar refractivity (Wildman–Crippen MR) is 122 cm³/mol. The summed E-state index contributed by atoms with van der Waals surface area (Å²) in [5.74, 6) is 2.11. The molecule has 2 aromatic heterocycles. The second-order valence-corrected chi connectivity index (χ2v) is 8.03. The first kappa shape index (κ1) is 19.5. The minimum atomic E-state index is -0.0399. The van der Waals surface area contributed by atoms with Crippen molar-refractivity contribution in [3.63, 3.8) is 0 Å². The fourth-order valence-corrected chi connectivity index (χ4v) is 4.25. The third kappa shape index (κ3) is 3.50. The van der Waals surface area contributed by atoms with Crippen LogP contribution in [0.3, 0.4) is 0 Å². The molecule has 8 nitrogen and oxygen atoms in total. The number of ether oxygens (including phenoxy) is 1. The van der Waals surface area contributed by atoms with Gasteiger partial charge < -0.3 is 14.5 Å². The number of aromatic amines is 1. The molecule has 5 rings (SSSR count). The summed E-state index contributed by atoms with van der Waals surface area (Å²) in [6.45, 7) is 6.21. The van der Waals surface area contributed by atoms with E-state index in [1.807, 2.05) is 30.3 Å². The number of piperazine rings is 1. The third-order valence-electron chi connectivity index (χ3n) is 5.41. The second kappa shape index (κ2) is 7.99. The average molecular weight is 479 g/mol. The number of aromatic nitrogens is 4. The molecule has 0 saturated carbocycles. The van der Waals surface area contributed by atoms with Crippen LogP contribution in [0, 0.1) is 0 Å². The van der Waals surface area contributed by atoms with Gasteiger partial charge in [0.1, 0.15) is 17.7 Å². The number of halogens is 1. The summed E-state index contributed by atoms with van der Waals surface area (Å²) in [4.78, 5) is 24.9. The normalized spacial score (nSPS) is 14.2. The van der Waals surface area contributed by atoms with Crippen LogP contribution >= 0.6 is 15.9 Å². The lowest BCUT2D eigenvalue weighted by molar-refractivity contribution is -0.126. The molecule has 4 aromatic rings. The number of rotatable bonds is 4. The molecule has 9 heteroatoms. The Morgan fingerprint density at radius 1 is 1.13 bits per heavy atom. The summed E-state index contributed by atoms with van der Waals surface area (Å²) >= 11 is 3.58. The van der Waals surface area contributed by atoms with Crippen molar-refractivity contribution < 1.29 is 9.53 Å². The maximum absolute atomic E-state index is 11.9. The Bertz CT molecular complexity index is 1300. The van der Waals surface area contributed by atoms with Crippen molar-refractivity contribution in [3.05, 3.63) is 60.0 Å². The zero-order chi connectivity index (χ0) is 21.4. The Kier molecular flexibility index (Phi) is 5.03. The molecule has 1 saturated heterocycles. The largest absolute Gasteiger partial charge is 0.453 e. The number of nitrogens with zero attached hydrogens (tertiary/aromatic N) is 5. The number of hydrogen-bond acceptors (Lipinski definition) is 6. The molecule has 2 aromatic carbocycles. The van der Waals surface area contributed by atoms with Crippen molar-refractivity contribution in [1.29, 1.82) is 0 Å². The van der Waals surface area contributed by atoms with Crippen LogP contribution in [0.1, 0.15) is 0 Å². The van der Waals surface area contributed by atoms with Crippen LogP contribution in [0.25, 0.3) is 21.8 Å². The smallest absolute Gasteiger partial charge is 0.246 e. The summed E-state index contributed by atoms with van der Waals surface area (Å²) in [5.41, 5.74) is 1.62. The van der Waals surface area contributed by atoms with Crippen LogP contribution in [0.4, 0.5) is 5.82 Å². The zero-order valence-electron chi connectivity index (χ0n) is 16.6. The molecule has 0 atom stereocenters. The lowest BCUT2D eigenvalue weighted by Gasteiger charge is -2.35. The maximum Gasteiger partial charge on any atom is 0.246 e. The summed E-state index contributed by atoms with van der Waals surface area (Å²) < 4.78 is 7.15. The Labute approximate surface area is 186 Å². The van der Waals surface area contributed by atoms with Gasteiger partial charge in [-0.05, 0) is 46.3 Å². The molecule has 0 bridgehead atoms. The fraction of sp³-hybridized carbons (Fsp3) is 0.182. The number of benzene rings is 2. The summed E-state index contributed by atoms with van der Waals surface area (Å²) in [5, 5.41) is 8.86. The van der Waals surface area contributed by atoms with E-state index in [2.05, 4.69) is 47.6 Å². The van der Waals surface area contributed by atoms with Gasteiger partial charge in [0.15, 0.2) is 11.5 Å². The Morgan fingerprint density at radius 2 is 1.97 bits per heavy atom. The van der Waals surface area contributed by atoms with Crippen molar-refractivity contribution in [2.45, 2.75) is 0 Å². The summed E-state index contributed by atoms with van der Waals surface area (Å²) in [6.07, 6.45) is 4.66. The molecule has 1 amide bonds. The van der Waals surface area contributed by atoms with E-state index in [0.717, 1.165) is 32.1 Å². The number of amides is 1. The molecule has 1 aliphatic heterocycles. The van der Waals surface area contributed by atoms with Gasteiger partial charge >= 0.3 is 0 Å². The number of nitrogens with one attached hydrogen (secondary N) is 1. The molecule has 1 N–H and O–H groups in total. The molecule has 0 aliphatic carbocycles. The number of hydrogen-bond donors (Lipinski definition) is 1. The van der Waals surface area contributed by atoms with Crippen molar-refractivity contribution >= 4 is 49.5 Å². The van der Waals surface area contributed by atoms with E-state index in [0.29, 0.717) is 37.7 Å². The highest BCUT2D eigenvalue weighted by Gasteiger charge is 2.22. The summed E-state index contributed by atoms with van der Waals surface area (Å²) in [7, 11) is 0. The van der Waals surface area contributed by atoms with Gasteiger partial charge in [-0.3, -0.25) is 9.89 Å². The number of para-hydroxylation sites is 1. The lowest BCUT2D eigenvalue weighted by atomic mass is 10.2. The van der Waals surface area contributed by atoms with Crippen molar-refractivity contribution in [1.82, 2.24) is 25.1 Å². The van der Waals surface area contributed by atoms with Gasteiger partial charge in [0.2, 0.25) is 5.91 Å². The third-order valence-corrected chi connectivity index (χ3v) is 6.04. The molecule has 0 spiro atoms. The average Bonchev–Trinajstić information content (AvgIpc) is 3.29. The van der Waals surface area contributed by atoms with E-state index in [1.54, 1.807) is 17.4 Å². The minimum absolute atomic E-state index is 0.0399. The minimum Gasteiger partial charge on any atom is -0.453 e. The molecule has 3 heterocycles. The number of fused-ring (bicyclic) bond motifs is 2. The molecule has 1 fully saturated rings. The van der Waals surface area contributed by atoms with E-state index in [9.17, 15) is 4.79 Å². The van der Waals surface area contributed by atoms with Crippen LogP contribution in [-0.4, -0.2) is 57.2 Å². The molecule has 1 aliphatic rings. The first-order valence-corrected chi connectivity index (χ1v) is 10.6. The standard InChI is InChI=1S/C22H19BrN6O2/c1-2-19(30)28-8-10-29(11-9-28)22-14-4-3-5-18(20(14)24-13-25-22)31-21-15-12-26-27-17(15)7-6-16(21)23/h2-7,12-13H,1,8-11H2,(H,26,27). The quantitative estimate of drug-likeness (QED) is 0.447. The highest BCUT2D eigenvalue weighted by molar-refractivity contribution is 9.10. The Balaban J connectivity index is 1.50. The van der Waals surface area contributed by atoms with Crippen molar-refractivity contribution in [2.75, 3.05) is 31.1 Å². The Hall–Kier alpha value is -3.46. The van der Waals surface area contributed by atoms with Crippen LogP contribution in [0.2, 0.25) is 0 Å². The van der Waals surface area contributed by atoms with Crippen molar-refractivity contribution in [3.8, 4) is 11.5 Å². The second-order valence-electron chi connectivity index (χ2n) is 7.18. The van der Waals surface area contributed by atoms with Crippen molar-refractivity contribution in [2.24, 2.45) is 0 Å². The lowest BCUT2D eigenvalue weighted by Crippen LogP contribution is -2.48. The van der Waals surface area contributed by atoms with Crippen LogP contribution in [0.15, 0.2) is 60.0 Å². The number of carbonyl (C=O) groups is 1. The molecule has 0 radical (unpaired) electrons. The Morgan fingerprint density at radius 3 is 2.77 bits per heavy atom. The predicted octanol–water partition coefficient (Wildman–Crippen LogP) is 3.90. The maximum atomic E-state index is 11.9. The van der Waals surface area contributed by atoms with Crippen LogP contribution in [0.5, 0.6) is 11.5 Å².